The van der Waals surface area contributed by atoms with E-state index in [-0.39, 0.29) is 11.7 Å². The zero-order valence-electron chi connectivity index (χ0n) is 10.6. The lowest BCUT2D eigenvalue weighted by Gasteiger charge is -2.08. The molecule has 3 nitrogen and oxygen atoms in total. The molecule has 102 valence electrons. The first kappa shape index (κ1) is 15.0. The first-order valence-electron chi connectivity index (χ1n) is 5.85. The van der Waals surface area contributed by atoms with Crippen molar-refractivity contribution >= 4 is 51.6 Å². The van der Waals surface area contributed by atoms with Gasteiger partial charge in [-0.05, 0) is 59.8 Å². The number of nitrogens with one attached hydrogen (secondary N) is 1. The molecule has 1 amide bonds. The second kappa shape index (κ2) is 6.37. The minimum absolute atomic E-state index is 0.0478. The van der Waals surface area contributed by atoms with Crippen LogP contribution in [0.5, 0.6) is 0 Å². The Labute approximate surface area is 135 Å². The lowest BCUT2D eigenvalue weighted by molar-refractivity contribution is 0.101. The number of hydrogen-bond acceptors (Lipinski definition) is 2. The van der Waals surface area contributed by atoms with Crippen molar-refractivity contribution in [2.45, 2.75) is 6.92 Å². The fourth-order valence-corrected chi connectivity index (χ4v) is 2.38. The van der Waals surface area contributed by atoms with Crippen LogP contribution in [0.3, 0.4) is 0 Å². The highest BCUT2D eigenvalue weighted by atomic mass is 127. The van der Waals surface area contributed by atoms with Gasteiger partial charge < -0.3 is 5.32 Å². The van der Waals surface area contributed by atoms with Gasteiger partial charge in [0.15, 0.2) is 5.78 Å². The number of anilines is 1. The highest BCUT2D eigenvalue weighted by Crippen LogP contribution is 2.20. The van der Waals surface area contributed by atoms with Crippen molar-refractivity contribution in [3.05, 3.63) is 62.2 Å². The molecule has 5 heteroatoms. The van der Waals surface area contributed by atoms with E-state index in [1.165, 1.54) is 6.92 Å². The van der Waals surface area contributed by atoms with Gasteiger partial charge in [-0.2, -0.15) is 0 Å². The summed E-state index contributed by atoms with van der Waals surface area (Å²) in [4.78, 5) is 23.5. The van der Waals surface area contributed by atoms with Crippen LogP contribution in [0.15, 0.2) is 42.5 Å². The molecular weight excluding hydrogens is 389 g/mol. The number of ketones is 1. The van der Waals surface area contributed by atoms with Crippen LogP contribution in [0.4, 0.5) is 5.69 Å². The molecule has 0 aliphatic carbocycles. The smallest absolute Gasteiger partial charge is 0.257 e. The van der Waals surface area contributed by atoms with Gasteiger partial charge in [0.2, 0.25) is 0 Å². The Hall–Kier alpha value is -1.40. The highest BCUT2D eigenvalue weighted by molar-refractivity contribution is 14.1. The lowest BCUT2D eigenvalue weighted by Crippen LogP contribution is -2.13. The zero-order chi connectivity index (χ0) is 14.7. The van der Waals surface area contributed by atoms with Crippen LogP contribution >= 0.6 is 34.2 Å². The molecule has 0 radical (unpaired) electrons. The van der Waals surface area contributed by atoms with Crippen LogP contribution in [-0.2, 0) is 0 Å². The van der Waals surface area contributed by atoms with Gasteiger partial charge in [-0.1, -0.05) is 23.7 Å². The lowest BCUT2D eigenvalue weighted by atomic mass is 10.1. The molecule has 2 aromatic carbocycles. The molecule has 0 heterocycles. The first-order valence-corrected chi connectivity index (χ1v) is 7.30. The van der Waals surface area contributed by atoms with E-state index in [0.29, 0.717) is 21.8 Å². The van der Waals surface area contributed by atoms with Gasteiger partial charge in [0.25, 0.3) is 5.91 Å². The van der Waals surface area contributed by atoms with Crippen molar-refractivity contribution < 1.29 is 9.59 Å². The van der Waals surface area contributed by atoms with E-state index in [2.05, 4.69) is 27.9 Å². The summed E-state index contributed by atoms with van der Waals surface area (Å²) in [6.45, 7) is 1.48. The van der Waals surface area contributed by atoms with Crippen LogP contribution in [0.25, 0.3) is 0 Å². The Morgan fingerprint density at radius 3 is 2.60 bits per heavy atom. The van der Waals surface area contributed by atoms with E-state index in [1.54, 1.807) is 36.4 Å². The van der Waals surface area contributed by atoms with Crippen molar-refractivity contribution in [3.63, 3.8) is 0 Å². The molecule has 1 N–H and O–H groups in total. The molecule has 20 heavy (non-hydrogen) atoms. The van der Waals surface area contributed by atoms with Crippen LogP contribution in [0, 0.1) is 3.57 Å². The van der Waals surface area contributed by atoms with Gasteiger partial charge in [0.1, 0.15) is 0 Å². The molecule has 0 unspecified atom stereocenters. The summed E-state index contributed by atoms with van der Waals surface area (Å²) in [5, 5.41) is 3.14. The average Bonchev–Trinajstić information content (AvgIpc) is 2.41. The maximum atomic E-state index is 12.2. The van der Waals surface area contributed by atoms with Crippen LogP contribution in [0.1, 0.15) is 27.6 Å². The molecule has 0 atom stereocenters. The summed E-state index contributed by atoms with van der Waals surface area (Å²) in [5.41, 5.74) is 1.53. The van der Waals surface area contributed by atoms with E-state index in [1.807, 2.05) is 6.07 Å². The van der Waals surface area contributed by atoms with Crippen molar-refractivity contribution in [3.8, 4) is 0 Å². The molecule has 0 aliphatic heterocycles. The maximum Gasteiger partial charge on any atom is 0.257 e. The van der Waals surface area contributed by atoms with Gasteiger partial charge >= 0.3 is 0 Å². The van der Waals surface area contributed by atoms with Crippen LogP contribution < -0.4 is 5.32 Å². The summed E-state index contributed by atoms with van der Waals surface area (Å²) < 4.78 is 0.926. The third-order valence-corrected chi connectivity index (χ3v) is 3.70. The van der Waals surface area contributed by atoms with Gasteiger partial charge in [0.05, 0.1) is 10.6 Å². The maximum absolute atomic E-state index is 12.2. The van der Waals surface area contributed by atoms with Crippen molar-refractivity contribution in [1.29, 1.82) is 0 Å². The third-order valence-electron chi connectivity index (χ3n) is 2.70. The number of rotatable bonds is 3. The second-order valence-corrected chi connectivity index (χ2v) is 5.87. The molecule has 0 saturated heterocycles. The number of halogens is 2. The van der Waals surface area contributed by atoms with Crippen molar-refractivity contribution in [2.75, 3.05) is 5.32 Å². The predicted octanol–water partition coefficient (Wildman–Crippen LogP) is 4.40. The van der Waals surface area contributed by atoms with Gasteiger partial charge in [-0.3, -0.25) is 9.59 Å². The Bertz CT molecular complexity index is 685. The van der Waals surface area contributed by atoms with E-state index in [0.717, 1.165) is 3.57 Å². The quantitative estimate of drug-likeness (QED) is 0.614. The largest absolute Gasteiger partial charge is 0.322 e. The number of amides is 1. The Morgan fingerprint density at radius 1 is 1.15 bits per heavy atom. The SMILES string of the molecule is CC(=O)c1cccc(NC(=O)c2cc(I)ccc2Cl)c1. The number of Topliss-reactive ketones (excluding diaryl/α,β-unsaturated/α-hetero) is 1. The monoisotopic (exact) mass is 399 g/mol. The summed E-state index contributed by atoms with van der Waals surface area (Å²) >= 11 is 8.14. The minimum atomic E-state index is -0.297. The standard InChI is InChI=1S/C15H11ClINO2/c1-9(19)10-3-2-4-12(7-10)18-15(20)13-8-11(17)5-6-14(13)16/h2-8H,1H3,(H,18,20). The van der Waals surface area contributed by atoms with E-state index >= 15 is 0 Å². The normalized spacial score (nSPS) is 10.2. The fourth-order valence-electron chi connectivity index (χ4n) is 1.69. The topological polar surface area (TPSA) is 46.2 Å². The molecule has 0 aliphatic rings. The molecule has 0 fully saturated rings. The van der Waals surface area contributed by atoms with Crippen molar-refractivity contribution in [2.24, 2.45) is 0 Å². The molecule has 2 aromatic rings. The van der Waals surface area contributed by atoms with Crippen LogP contribution in [-0.4, -0.2) is 11.7 Å². The summed E-state index contributed by atoms with van der Waals surface area (Å²) in [7, 11) is 0. The number of carbonyl (C=O) groups excluding carboxylic acids is 2. The fraction of sp³-hybridized carbons (Fsp3) is 0.0667. The summed E-state index contributed by atoms with van der Waals surface area (Å²) in [6, 6.07) is 12.0. The molecule has 0 aromatic heterocycles. The molecule has 0 saturated carbocycles. The summed E-state index contributed by atoms with van der Waals surface area (Å²) in [6.07, 6.45) is 0. The van der Waals surface area contributed by atoms with Gasteiger partial charge in [0, 0.05) is 14.8 Å². The average molecular weight is 400 g/mol. The third kappa shape index (κ3) is 3.58. The molecule has 0 spiro atoms. The van der Waals surface area contributed by atoms with Crippen LogP contribution in [0.2, 0.25) is 5.02 Å². The molecule has 0 bridgehead atoms. The Kier molecular flexibility index (Phi) is 4.77. The zero-order valence-corrected chi connectivity index (χ0v) is 13.5. The number of hydrogen-bond donors (Lipinski definition) is 1. The number of benzene rings is 2. The van der Waals surface area contributed by atoms with E-state index in [9.17, 15) is 9.59 Å². The Balaban J connectivity index is 2.25. The van der Waals surface area contributed by atoms with E-state index in [4.69, 9.17) is 11.6 Å². The highest BCUT2D eigenvalue weighted by Gasteiger charge is 2.11. The summed E-state index contributed by atoms with van der Waals surface area (Å²) in [5.74, 6) is -0.345. The van der Waals surface area contributed by atoms with Gasteiger partial charge in [-0.25, -0.2) is 0 Å². The number of carbonyl (C=O) groups is 2. The minimum Gasteiger partial charge on any atom is -0.322 e. The predicted molar refractivity (Wildman–Crippen MR) is 88.6 cm³/mol. The molecular formula is C15H11ClINO2. The Morgan fingerprint density at radius 2 is 1.90 bits per heavy atom. The van der Waals surface area contributed by atoms with Gasteiger partial charge in [-0.15, -0.1) is 0 Å². The van der Waals surface area contributed by atoms with E-state index < -0.39 is 0 Å². The first-order chi connectivity index (χ1) is 9.47. The van der Waals surface area contributed by atoms with Crippen molar-refractivity contribution in [1.82, 2.24) is 0 Å². The molecule has 2 rings (SSSR count). The second-order valence-electron chi connectivity index (χ2n) is 4.22.